The lowest BCUT2D eigenvalue weighted by Gasteiger charge is -2.60. The van der Waals surface area contributed by atoms with Crippen LogP contribution in [-0.2, 0) is 16.1 Å². The summed E-state index contributed by atoms with van der Waals surface area (Å²) >= 11 is 0. The van der Waals surface area contributed by atoms with Crippen LogP contribution in [0.15, 0.2) is 96.2 Å². The fourth-order valence-electron chi connectivity index (χ4n) is 9.43. The number of oxime groups is 1. The lowest BCUT2D eigenvalue weighted by atomic mass is 9.55. The molecule has 318 valence electrons. The first kappa shape index (κ1) is 43.0. The summed E-state index contributed by atoms with van der Waals surface area (Å²) < 4.78 is 35.1. The SMILES string of the molecule is C=CCOC12Oc3ccc(OCCN4CC4)cc3C3C(CCCCO)C(CCCCO)C=C(C(=NOCC)CC1N(Cc1ccc(F)cc1)C(=O)c1ccc(C#N)cc1)C32. The first-order valence-corrected chi connectivity index (χ1v) is 21.4. The van der Waals surface area contributed by atoms with Crippen molar-refractivity contribution in [3.63, 3.8) is 0 Å². The molecule has 60 heavy (non-hydrogen) atoms. The number of fused-ring (bicyclic) bond motifs is 2. The van der Waals surface area contributed by atoms with E-state index in [9.17, 15) is 19.9 Å². The Morgan fingerprint density at radius 1 is 1.07 bits per heavy atom. The molecule has 6 unspecified atom stereocenters. The van der Waals surface area contributed by atoms with E-state index in [4.69, 9.17) is 24.2 Å². The van der Waals surface area contributed by atoms with E-state index in [1.807, 2.05) is 19.1 Å². The van der Waals surface area contributed by atoms with E-state index in [2.05, 4.69) is 29.7 Å². The van der Waals surface area contributed by atoms with Gasteiger partial charge in [0.25, 0.3) is 5.91 Å². The van der Waals surface area contributed by atoms with E-state index in [1.54, 1.807) is 47.4 Å². The normalized spacial score (nSPS) is 24.6. The molecule has 7 rings (SSSR count). The topological polar surface area (TPSA) is 137 Å². The van der Waals surface area contributed by atoms with Crippen molar-refractivity contribution in [2.45, 2.75) is 76.2 Å². The van der Waals surface area contributed by atoms with Crippen LogP contribution in [0, 0.1) is 34.9 Å². The Kier molecular flexibility index (Phi) is 14.3. The molecule has 12 heteroatoms. The van der Waals surface area contributed by atoms with Gasteiger partial charge in [0.05, 0.1) is 29.9 Å². The first-order valence-electron chi connectivity index (χ1n) is 21.4. The third kappa shape index (κ3) is 9.45. The number of rotatable bonds is 21. The number of nitrogens with zero attached hydrogens (tertiary/aromatic N) is 4. The van der Waals surface area contributed by atoms with Crippen LogP contribution in [-0.4, -0.2) is 96.1 Å². The Morgan fingerprint density at radius 2 is 1.82 bits per heavy atom. The van der Waals surface area contributed by atoms with Crippen molar-refractivity contribution in [1.82, 2.24) is 9.80 Å². The number of halogens is 1. The van der Waals surface area contributed by atoms with Crippen LogP contribution in [0.5, 0.6) is 11.5 Å². The van der Waals surface area contributed by atoms with Gasteiger partial charge < -0.3 is 34.2 Å². The average molecular weight is 821 g/mol. The van der Waals surface area contributed by atoms with Gasteiger partial charge >= 0.3 is 0 Å². The molecule has 6 atom stereocenters. The minimum atomic E-state index is -1.47. The summed E-state index contributed by atoms with van der Waals surface area (Å²) in [6.45, 7) is 10.2. The standard InChI is InChI=1S/C48H57FN4O7/c1-3-26-58-48-44(53(32-34-13-17-37(49)18-14-34)47(56)35-15-11-33(31-50)12-16-35)30-42(51-59-4-2)40-28-36(9-5-7-24-54)39(10-6-8-25-55)45(46(40)48)41-29-38(19-20-43(41)60-48)57-27-23-52-21-22-52/h3,11-20,28-29,36,39,44-46,54-55H,1,4-10,21-27,30,32H2,2H3. The Bertz CT molecular complexity index is 2050. The molecule has 1 saturated carbocycles. The van der Waals surface area contributed by atoms with Gasteiger partial charge in [-0.1, -0.05) is 42.3 Å². The molecule has 3 aromatic carbocycles. The summed E-state index contributed by atoms with van der Waals surface area (Å²) in [5.74, 6) is -1.38. The zero-order chi connectivity index (χ0) is 42.1. The molecule has 2 fully saturated rings. The average Bonchev–Trinajstić information content (AvgIpc) is 4.10. The van der Waals surface area contributed by atoms with Crippen molar-refractivity contribution in [3.8, 4) is 17.6 Å². The lowest BCUT2D eigenvalue weighted by Crippen LogP contribution is -2.70. The molecule has 0 spiro atoms. The fraction of sp³-hybridized carbons (Fsp3) is 0.479. The highest BCUT2D eigenvalue weighted by Gasteiger charge is 2.65. The maximum Gasteiger partial charge on any atom is 0.254 e. The molecule has 2 N–H and O–H groups in total. The molecular formula is C48H57FN4O7. The molecule has 0 radical (unpaired) electrons. The molecule has 2 aliphatic heterocycles. The number of carbonyl (C=O) groups is 1. The molecule has 3 aromatic rings. The molecule has 0 bridgehead atoms. The number of nitriles is 1. The summed E-state index contributed by atoms with van der Waals surface area (Å²) in [6.07, 6.45) is 8.79. The van der Waals surface area contributed by atoms with Gasteiger partial charge in [-0.05, 0) is 110 Å². The molecule has 1 amide bonds. The number of carbonyl (C=O) groups excluding carboxylic acids is 1. The quantitative estimate of drug-likeness (QED) is 0.0488. The molecular weight excluding hydrogens is 764 g/mol. The predicted molar refractivity (Wildman–Crippen MR) is 226 cm³/mol. The largest absolute Gasteiger partial charge is 0.492 e. The number of ether oxygens (including phenoxy) is 3. The Balaban J connectivity index is 1.44. The predicted octanol–water partition coefficient (Wildman–Crippen LogP) is 7.39. The molecule has 4 aliphatic rings. The van der Waals surface area contributed by atoms with Crippen LogP contribution < -0.4 is 9.47 Å². The zero-order valence-electron chi connectivity index (χ0n) is 34.5. The molecule has 2 aliphatic carbocycles. The van der Waals surface area contributed by atoms with E-state index in [0.29, 0.717) is 54.2 Å². The second kappa shape index (κ2) is 20.0. The van der Waals surface area contributed by atoms with Crippen molar-refractivity contribution in [1.29, 1.82) is 5.26 Å². The lowest BCUT2D eigenvalue weighted by molar-refractivity contribution is -0.255. The third-order valence-electron chi connectivity index (χ3n) is 12.3. The van der Waals surface area contributed by atoms with Gasteiger partial charge in [-0.25, -0.2) is 4.39 Å². The Hall–Kier alpha value is -5.06. The van der Waals surface area contributed by atoms with Gasteiger partial charge in [-0.15, -0.1) is 6.58 Å². The number of amides is 1. The van der Waals surface area contributed by atoms with Crippen LogP contribution in [0.4, 0.5) is 4.39 Å². The van der Waals surface area contributed by atoms with Gasteiger partial charge in [0, 0.05) is 62.9 Å². The number of allylic oxidation sites excluding steroid dienone is 1. The van der Waals surface area contributed by atoms with E-state index in [-0.39, 0.29) is 62.3 Å². The summed E-state index contributed by atoms with van der Waals surface area (Å²) in [4.78, 5) is 25.1. The summed E-state index contributed by atoms with van der Waals surface area (Å²) in [6, 6.07) is 20.0. The van der Waals surface area contributed by atoms with Crippen LogP contribution >= 0.6 is 0 Å². The Morgan fingerprint density at radius 3 is 2.50 bits per heavy atom. The first-order chi connectivity index (χ1) is 29.3. The number of aliphatic hydroxyl groups excluding tert-OH is 2. The number of benzene rings is 3. The van der Waals surface area contributed by atoms with Crippen molar-refractivity contribution < 1.29 is 38.4 Å². The minimum absolute atomic E-state index is 0.0537. The highest BCUT2D eigenvalue weighted by Crippen LogP contribution is 2.62. The summed E-state index contributed by atoms with van der Waals surface area (Å²) in [7, 11) is 0. The van der Waals surface area contributed by atoms with Gasteiger partial charge in [0.2, 0.25) is 5.79 Å². The number of unbranched alkanes of at least 4 members (excludes halogenated alkanes) is 2. The van der Waals surface area contributed by atoms with Crippen LogP contribution in [0.25, 0.3) is 0 Å². The Labute approximate surface area is 352 Å². The van der Waals surface area contributed by atoms with Crippen molar-refractivity contribution >= 4 is 11.6 Å². The zero-order valence-corrected chi connectivity index (χ0v) is 34.5. The van der Waals surface area contributed by atoms with E-state index in [0.717, 1.165) is 62.2 Å². The van der Waals surface area contributed by atoms with Crippen LogP contribution in [0.1, 0.15) is 84.8 Å². The minimum Gasteiger partial charge on any atom is -0.492 e. The van der Waals surface area contributed by atoms with Crippen molar-refractivity contribution in [2.24, 2.45) is 22.9 Å². The molecule has 1 saturated heterocycles. The second-order valence-electron chi connectivity index (χ2n) is 16.1. The van der Waals surface area contributed by atoms with Gasteiger partial charge in [0.1, 0.15) is 36.6 Å². The number of hydrogen-bond acceptors (Lipinski definition) is 10. The second-order valence-corrected chi connectivity index (χ2v) is 16.1. The maximum atomic E-state index is 15.1. The van der Waals surface area contributed by atoms with Gasteiger partial charge in [-0.3, -0.25) is 9.69 Å². The highest BCUT2D eigenvalue weighted by atomic mass is 19.1. The maximum absolute atomic E-state index is 15.1. The molecule has 0 aromatic heterocycles. The number of hydrogen-bond donors (Lipinski definition) is 2. The van der Waals surface area contributed by atoms with Crippen LogP contribution in [0.3, 0.4) is 0 Å². The smallest absolute Gasteiger partial charge is 0.254 e. The molecule has 2 heterocycles. The molecule has 11 nitrogen and oxygen atoms in total. The number of aliphatic hydroxyl groups is 2. The van der Waals surface area contributed by atoms with Gasteiger partial charge in [-0.2, -0.15) is 5.26 Å². The van der Waals surface area contributed by atoms with Gasteiger partial charge in [0.15, 0.2) is 0 Å². The summed E-state index contributed by atoms with van der Waals surface area (Å²) in [5, 5.41) is 34.2. The van der Waals surface area contributed by atoms with Crippen molar-refractivity contribution in [3.05, 3.63) is 119 Å². The van der Waals surface area contributed by atoms with Crippen LogP contribution in [0.2, 0.25) is 0 Å². The monoisotopic (exact) mass is 820 g/mol. The van der Waals surface area contributed by atoms with E-state index in [1.165, 1.54) is 12.1 Å². The fourth-order valence-corrected chi connectivity index (χ4v) is 9.43. The summed E-state index contributed by atoms with van der Waals surface area (Å²) in [5.41, 5.74) is 4.10. The van der Waals surface area contributed by atoms with E-state index < -0.39 is 17.7 Å². The third-order valence-corrected chi connectivity index (χ3v) is 12.3. The van der Waals surface area contributed by atoms with E-state index >= 15 is 4.79 Å². The van der Waals surface area contributed by atoms with Crippen molar-refractivity contribution in [2.75, 3.05) is 52.7 Å². The highest BCUT2D eigenvalue weighted by molar-refractivity contribution is 6.03.